The van der Waals surface area contributed by atoms with Crippen LogP contribution in [0.1, 0.15) is 15.9 Å². The summed E-state index contributed by atoms with van der Waals surface area (Å²) in [5, 5.41) is 17.3. The summed E-state index contributed by atoms with van der Waals surface area (Å²) in [6.45, 7) is 1.92. The molecule has 0 radical (unpaired) electrons. The van der Waals surface area contributed by atoms with E-state index in [0.29, 0.717) is 16.7 Å². The van der Waals surface area contributed by atoms with Crippen molar-refractivity contribution in [1.29, 1.82) is 0 Å². The van der Waals surface area contributed by atoms with Gasteiger partial charge in [-0.1, -0.05) is 0 Å². The molecule has 0 saturated heterocycles. The molecule has 21 heavy (non-hydrogen) atoms. The molecular weight excluding hydrogens is 270 g/mol. The van der Waals surface area contributed by atoms with Crippen molar-refractivity contribution >= 4 is 28.4 Å². The number of nitrogens with one attached hydrogen (secondary N) is 1. The molecule has 0 atom stereocenters. The van der Waals surface area contributed by atoms with Gasteiger partial charge in [-0.05, 0) is 18.6 Å². The fourth-order valence-electron chi connectivity index (χ4n) is 2.12. The van der Waals surface area contributed by atoms with Crippen LogP contribution in [0.5, 0.6) is 0 Å². The Kier molecular flexibility index (Phi) is 3.02. The van der Waals surface area contributed by atoms with E-state index in [-0.39, 0.29) is 5.56 Å². The van der Waals surface area contributed by atoms with E-state index in [1.807, 2.05) is 13.0 Å². The molecule has 0 aliphatic heterocycles. The molecule has 7 nitrogen and oxygen atoms in total. The highest BCUT2D eigenvalue weighted by Crippen LogP contribution is 2.29. The Hall–Kier alpha value is -2.96. The Labute approximate surface area is 120 Å². The summed E-state index contributed by atoms with van der Waals surface area (Å²) in [7, 11) is 1.76. The molecule has 3 aromatic rings. The summed E-state index contributed by atoms with van der Waals surface area (Å²) in [5.74, 6) is -1.04. The van der Waals surface area contributed by atoms with Crippen LogP contribution in [0.25, 0.3) is 11.0 Å². The van der Waals surface area contributed by atoms with Crippen LogP contribution in [-0.4, -0.2) is 30.8 Å². The van der Waals surface area contributed by atoms with Crippen LogP contribution in [0.15, 0.2) is 30.9 Å². The number of fused-ring (bicyclic) bond motifs is 1. The molecule has 0 fully saturated rings. The number of aromatic nitrogens is 4. The first-order chi connectivity index (χ1) is 10.1. The third-order valence-corrected chi connectivity index (χ3v) is 3.29. The van der Waals surface area contributed by atoms with Gasteiger partial charge >= 0.3 is 5.97 Å². The number of hydrogen-bond acceptors (Lipinski definition) is 5. The number of carboxylic acid groups (broad SMARTS) is 1. The van der Waals surface area contributed by atoms with E-state index >= 15 is 0 Å². The number of aryl methyl sites for hydroxylation is 2. The van der Waals surface area contributed by atoms with Crippen molar-refractivity contribution in [3.63, 3.8) is 0 Å². The van der Waals surface area contributed by atoms with Gasteiger partial charge < -0.3 is 10.4 Å². The van der Waals surface area contributed by atoms with Crippen molar-refractivity contribution < 1.29 is 9.90 Å². The molecule has 2 N–H and O–H groups in total. The second kappa shape index (κ2) is 4.86. The normalized spacial score (nSPS) is 10.8. The maximum Gasteiger partial charge on any atom is 0.339 e. The van der Waals surface area contributed by atoms with Gasteiger partial charge in [-0.15, -0.1) is 0 Å². The molecule has 0 aromatic carbocycles. The van der Waals surface area contributed by atoms with E-state index in [9.17, 15) is 9.90 Å². The van der Waals surface area contributed by atoms with Crippen molar-refractivity contribution in [2.45, 2.75) is 6.92 Å². The van der Waals surface area contributed by atoms with E-state index in [0.717, 1.165) is 11.3 Å². The maximum absolute atomic E-state index is 11.4. The fraction of sp³-hybridized carbons (Fsp3) is 0.143. The quantitative estimate of drug-likeness (QED) is 0.764. The average Bonchev–Trinajstić information content (AvgIpc) is 2.83. The SMILES string of the molecule is Cc1ccncc1Nc1c(C(=O)O)cnc2c1cnn2C. The highest BCUT2D eigenvalue weighted by Gasteiger charge is 2.17. The Balaban J connectivity index is 2.21. The number of hydrogen-bond donors (Lipinski definition) is 2. The largest absolute Gasteiger partial charge is 0.478 e. The van der Waals surface area contributed by atoms with Gasteiger partial charge in [-0.2, -0.15) is 5.10 Å². The zero-order valence-corrected chi connectivity index (χ0v) is 11.5. The van der Waals surface area contributed by atoms with Crippen molar-refractivity contribution in [3.05, 3.63) is 42.0 Å². The third-order valence-electron chi connectivity index (χ3n) is 3.29. The molecule has 7 heteroatoms. The minimum atomic E-state index is -1.04. The molecule has 3 rings (SSSR count). The zero-order chi connectivity index (χ0) is 15.0. The van der Waals surface area contributed by atoms with Crippen molar-refractivity contribution in [2.75, 3.05) is 5.32 Å². The summed E-state index contributed by atoms with van der Waals surface area (Å²) in [4.78, 5) is 19.6. The molecular formula is C14H13N5O2. The summed E-state index contributed by atoms with van der Waals surface area (Å²) < 4.78 is 1.60. The first-order valence-electron chi connectivity index (χ1n) is 6.29. The number of nitrogens with zero attached hydrogens (tertiary/aromatic N) is 4. The lowest BCUT2D eigenvalue weighted by atomic mass is 10.1. The van der Waals surface area contributed by atoms with Crippen LogP contribution in [0.3, 0.4) is 0 Å². The second-order valence-electron chi connectivity index (χ2n) is 4.67. The Morgan fingerprint density at radius 2 is 2.14 bits per heavy atom. The van der Waals surface area contributed by atoms with E-state index < -0.39 is 5.97 Å². The Morgan fingerprint density at radius 3 is 2.86 bits per heavy atom. The highest BCUT2D eigenvalue weighted by atomic mass is 16.4. The van der Waals surface area contributed by atoms with Crippen LogP contribution >= 0.6 is 0 Å². The molecule has 0 aliphatic carbocycles. The highest BCUT2D eigenvalue weighted by molar-refractivity contribution is 6.04. The van der Waals surface area contributed by atoms with Crippen molar-refractivity contribution in [1.82, 2.24) is 19.7 Å². The molecule has 0 bridgehead atoms. The van der Waals surface area contributed by atoms with Gasteiger partial charge in [-0.25, -0.2) is 9.78 Å². The number of carboxylic acids is 1. The molecule has 0 aliphatic rings. The maximum atomic E-state index is 11.4. The molecule has 3 heterocycles. The third kappa shape index (κ3) is 2.18. The van der Waals surface area contributed by atoms with Gasteiger partial charge in [0.05, 0.1) is 29.2 Å². The summed E-state index contributed by atoms with van der Waals surface area (Å²) in [5.41, 5.74) is 2.89. The number of rotatable bonds is 3. The van der Waals surface area contributed by atoms with Crippen molar-refractivity contribution in [3.8, 4) is 0 Å². The number of pyridine rings is 2. The fourth-order valence-corrected chi connectivity index (χ4v) is 2.12. The zero-order valence-electron chi connectivity index (χ0n) is 11.5. The van der Waals surface area contributed by atoms with Crippen LogP contribution in [-0.2, 0) is 7.05 Å². The summed E-state index contributed by atoms with van der Waals surface area (Å²) >= 11 is 0. The van der Waals surface area contributed by atoms with E-state index in [1.165, 1.54) is 6.20 Å². The minimum absolute atomic E-state index is 0.0961. The predicted octanol–water partition coefficient (Wildman–Crippen LogP) is 2.11. The Morgan fingerprint density at radius 1 is 1.33 bits per heavy atom. The van der Waals surface area contributed by atoms with Gasteiger partial charge in [0, 0.05) is 19.4 Å². The lowest BCUT2D eigenvalue weighted by Gasteiger charge is -2.12. The van der Waals surface area contributed by atoms with Gasteiger partial charge in [0.1, 0.15) is 5.56 Å². The molecule has 0 amide bonds. The summed E-state index contributed by atoms with van der Waals surface area (Å²) in [6.07, 6.45) is 6.28. The first-order valence-corrected chi connectivity index (χ1v) is 6.29. The van der Waals surface area contributed by atoms with Gasteiger partial charge in [-0.3, -0.25) is 9.67 Å². The minimum Gasteiger partial charge on any atom is -0.478 e. The molecule has 106 valence electrons. The number of aromatic carboxylic acids is 1. The molecule has 0 unspecified atom stereocenters. The standard InChI is InChI=1S/C14H13N5O2/c1-8-3-4-15-7-11(8)18-12-9-6-17-19(2)13(9)16-5-10(12)14(20)21/h3-7H,1-2H3,(H,16,18)(H,20,21). The smallest absolute Gasteiger partial charge is 0.339 e. The number of anilines is 2. The van der Waals surface area contributed by atoms with E-state index in [4.69, 9.17) is 0 Å². The molecule has 3 aromatic heterocycles. The second-order valence-corrected chi connectivity index (χ2v) is 4.67. The van der Waals surface area contributed by atoms with E-state index in [2.05, 4.69) is 20.4 Å². The van der Waals surface area contributed by atoms with Gasteiger partial charge in [0.2, 0.25) is 0 Å². The average molecular weight is 283 g/mol. The van der Waals surface area contributed by atoms with Crippen LogP contribution in [0.2, 0.25) is 0 Å². The van der Waals surface area contributed by atoms with E-state index in [1.54, 1.807) is 30.3 Å². The Bertz CT molecular complexity index is 840. The number of carbonyl (C=O) groups is 1. The monoisotopic (exact) mass is 283 g/mol. The van der Waals surface area contributed by atoms with Gasteiger partial charge in [0.25, 0.3) is 0 Å². The van der Waals surface area contributed by atoms with Crippen molar-refractivity contribution in [2.24, 2.45) is 7.05 Å². The summed E-state index contributed by atoms with van der Waals surface area (Å²) in [6, 6.07) is 1.85. The first kappa shape index (κ1) is 13.0. The van der Waals surface area contributed by atoms with Crippen LogP contribution in [0, 0.1) is 6.92 Å². The lowest BCUT2D eigenvalue weighted by molar-refractivity contribution is 0.0697. The van der Waals surface area contributed by atoms with Gasteiger partial charge in [0.15, 0.2) is 5.65 Å². The molecule has 0 spiro atoms. The van der Waals surface area contributed by atoms with Crippen LogP contribution in [0.4, 0.5) is 11.4 Å². The topological polar surface area (TPSA) is 92.9 Å². The van der Waals surface area contributed by atoms with Crippen LogP contribution < -0.4 is 5.32 Å². The molecule has 0 saturated carbocycles. The lowest BCUT2D eigenvalue weighted by Crippen LogP contribution is -2.05. The predicted molar refractivity (Wildman–Crippen MR) is 77.7 cm³/mol.